The van der Waals surface area contributed by atoms with Gasteiger partial charge in [0.05, 0.1) is 0 Å². The van der Waals surface area contributed by atoms with Crippen LogP contribution < -0.4 is 5.32 Å². The quantitative estimate of drug-likeness (QED) is 0.843. The molecular weight excluding hydrogens is 225 g/mol. The summed E-state index contributed by atoms with van der Waals surface area (Å²) in [7, 11) is 0. The fourth-order valence-electron chi connectivity index (χ4n) is 2.56. The van der Waals surface area contributed by atoms with Crippen LogP contribution >= 0.6 is 0 Å². The van der Waals surface area contributed by atoms with Gasteiger partial charge in [0.15, 0.2) is 0 Å². The lowest BCUT2D eigenvalue weighted by molar-refractivity contribution is 0.617. The lowest BCUT2D eigenvalue weighted by Gasteiger charge is -2.27. The number of nitrogens with one attached hydrogen (secondary N) is 1. The lowest BCUT2D eigenvalue weighted by Crippen LogP contribution is -2.27. The highest BCUT2D eigenvalue weighted by atomic mass is 19.1. The maximum Gasteiger partial charge on any atom is 0.123 e. The van der Waals surface area contributed by atoms with Gasteiger partial charge in [-0.25, -0.2) is 4.39 Å². The van der Waals surface area contributed by atoms with Gasteiger partial charge in [-0.1, -0.05) is 30.3 Å². The minimum atomic E-state index is -0.166. The zero-order valence-corrected chi connectivity index (χ0v) is 10.2. The second-order valence-electron chi connectivity index (χ2n) is 4.87. The van der Waals surface area contributed by atoms with Gasteiger partial charge in [0.25, 0.3) is 0 Å². The van der Waals surface area contributed by atoms with Gasteiger partial charge in [0.1, 0.15) is 5.82 Å². The van der Waals surface area contributed by atoms with E-state index in [0.717, 1.165) is 19.3 Å². The van der Waals surface area contributed by atoms with Crippen LogP contribution in [0.2, 0.25) is 0 Å². The number of hydrogen-bond donors (Lipinski definition) is 1. The third-order valence-corrected chi connectivity index (χ3v) is 3.53. The molecule has 18 heavy (non-hydrogen) atoms. The van der Waals surface area contributed by atoms with Gasteiger partial charge in [0.2, 0.25) is 0 Å². The molecule has 2 aromatic carbocycles. The van der Waals surface area contributed by atoms with Crippen molar-refractivity contribution in [3.63, 3.8) is 0 Å². The summed E-state index contributed by atoms with van der Waals surface area (Å²) in [5, 5.41) is 3.57. The molecule has 1 N–H and O–H groups in total. The van der Waals surface area contributed by atoms with E-state index >= 15 is 0 Å². The van der Waals surface area contributed by atoms with Crippen LogP contribution in [0.15, 0.2) is 48.5 Å². The Morgan fingerprint density at radius 2 is 1.83 bits per heavy atom. The molecule has 1 nitrogen and oxygen atoms in total. The number of fused-ring (bicyclic) bond motifs is 1. The minimum absolute atomic E-state index is 0.166. The molecular formula is C16H16FN. The molecule has 0 bridgehead atoms. The molecule has 1 heterocycles. The van der Waals surface area contributed by atoms with Gasteiger partial charge in [-0.05, 0) is 48.6 Å². The number of hydrogen-bond acceptors (Lipinski definition) is 1. The Morgan fingerprint density at radius 3 is 2.67 bits per heavy atom. The van der Waals surface area contributed by atoms with Gasteiger partial charge in [0, 0.05) is 11.7 Å². The van der Waals surface area contributed by atoms with E-state index in [0.29, 0.717) is 6.04 Å². The highest BCUT2D eigenvalue weighted by Gasteiger charge is 2.17. The number of rotatable bonds is 2. The van der Waals surface area contributed by atoms with Crippen LogP contribution in [-0.4, -0.2) is 6.04 Å². The lowest BCUT2D eigenvalue weighted by atomic mass is 9.94. The van der Waals surface area contributed by atoms with Crippen molar-refractivity contribution >= 4 is 5.69 Å². The van der Waals surface area contributed by atoms with E-state index in [1.807, 2.05) is 12.1 Å². The Kier molecular flexibility index (Phi) is 3.01. The summed E-state index contributed by atoms with van der Waals surface area (Å²) in [6, 6.07) is 15.7. The van der Waals surface area contributed by atoms with Crippen LogP contribution in [0.25, 0.3) is 0 Å². The van der Waals surface area contributed by atoms with Crippen LogP contribution in [0.1, 0.15) is 17.5 Å². The first kappa shape index (κ1) is 11.3. The summed E-state index contributed by atoms with van der Waals surface area (Å²) in [4.78, 5) is 0. The molecule has 0 amide bonds. The molecule has 1 atom stereocenters. The van der Waals surface area contributed by atoms with E-state index in [1.165, 1.54) is 28.9 Å². The fourth-order valence-corrected chi connectivity index (χ4v) is 2.56. The van der Waals surface area contributed by atoms with E-state index in [-0.39, 0.29) is 5.82 Å². The van der Waals surface area contributed by atoms with E-state index in [2.05, 4.69) is 29.6 Å². The van der Waals surface area contributed by atoms with Crippen LogP contribution in [0.5, 0.6) is 0 Å². The topological polar surface area (TPSA) is 12.0 Å². The smallest absolute Gasteiger partial charge is 0.123 e. The second-order valence-corrected chi connectivity index (χ2v) is 4.87. The number of benzene rings is 2. The monoisotopic (exact) mass is 241 g/mol. The predicted octanol–water partition coefficient (Wildman–Crippen LogP) is 3.80. The van der Waals surface area contributed by atoms with Crippen LogP contribution in [0.3, 0.4) is 0 Å². The van der Waals surface area contributed by atoms with Gasteiger partial charge in [-0.2, -0.15) is 0 Å². The minimum Gasteiger partial charge on any atom is -0.382 e. The fraction of sp³-hybridized carbons (Fsp3) is 0.250. The summed E-state index contributed by atoms with van der Waals surface area (Å²) in [6.45, 7) is 0. The number of aryl methyl sites for hydroxylation is 1. The molecule has 2 aromatic rings. The first-order valence-corrected chi connectivity index (χ1v) is 6.40. The predicted molar refractivity (Wildman–Crippen MR) is 72.3 cm³/mol. The number of para-hydroxylation sites is 1. The summed E-state index contributed by atoms with van der Waals surface area (Å²) in [6.07, 6.45) is 3.21. The van der Waals surface area contributed by atoms with E-state index in [9.17, 15) is 4.39 Å². The largest absolute Gasteiger partial charge is 0.382 e. The molecule has 0 saturated heterocycles. The zero-order valence-electron chi connectivity index (χ0n) is 10.2. The zero-order chi connectivity index (χ0) is 12.4. The summed E-state index contributed by atoms with van der Waals surface area (Å²) in [5.41, 5.74) is 3.83. The second kappa shape index (κ2) is 4.81. The van der Waals surface area contributed by atoms with Crippen molar-refractivity contribution < 1.29 is 4.39 Å². The molecule has 0 saturated carbocycles. The Hall–Kier alpha value is -1.83. The number of halogens is 1. The van der Waals surface area contributed by atoms with Crippen molar-refractivity contribution in [3.05, 3.63) is 65.5 Å². The van der Waals surface area contributed by atoms with Crippen molar-refractivity contribution in [1.82, 2.24) is 0 Å². The average molecular weight is 241 g/mol. The molecule has 0 fully saturated rings. The molecule has 0 aromatic heterocycles. The maximum atomic E-state index is 12.8. The third-order valence-electron chi connectivity index (χ3n) is 3.53. The molecule has 0 radical (unpaired) electrons. The van der Waals surface area contributed by atoms with Gasteiger partial charge in [-0.3, -0.25) is 0 Å². The first-order chi connectivity index (χ1) is 8.81. The molecule has 1 aliphatic heterocycles. The van der Waals surface area contributed by atoms with E-state index < -0.39 is 0 Å². The Bertz CT molecular complexity index is 533. The van der Waals surface area contributed by atoms with Gasteiger partial charge >= 0.3 is 0 Å². The van der Waals surface area contributed by atoms with E-state index in [1.54, 1.807) is 0 Å². The van der Waals surface area contributed by atoms with Gasteiger partial charge < -0.3 is 5.32 Å². The summed E-state index contributed by atoms with van der Waals surface area (Å²) in [5.74, 6) is -0.166. The summed E-state index contributed by atoms with van der Waals surface area (Å²) >= 11 is 0. The van der Waals surface area contributed by atoms with Crippen molar-refractivity contribution in [1.29, 1.82) is 0 Å². The van der Waals surface area contributed by atoms with E-state index in [4.69, 9.17) is 0 Å². The molecule has 3 rings (SSSR count). The molecule has 1 aliphatic rings. The summed E-state index contributed by atoms with van der Waals surface area (Å²) < 4.78 is 12.8. The highest BCUT2D eigenvalue weighted by Crippen LogP contribution is 2.25. The van der Waals surface area contributed by atoms with Crippen molar-refractivity contribution in [2.45, 2.75) is 25.3 Å². The van der Waals surface area contributed by atoms with Crippen LogP contribution in [0, 0.1) is 5.82 Å². The van der Waals surface area contributed by atoms with Crippen LogP contribution in [0.4, 0.5) is 10.1 Å². The standard InChI is InChI=1S/C16H16FN/c17-14-8-5-12(6-9-14)11-15-10-7-13-3-1-2-4-16(13)18-15/h1-6,8-9,15,18H,7,10-11H2. The molecule has 2 heteroatoms. The first-order valence-electron chi connectivity index (χ1n) is 6.40. The maximum absolute atomic E-state index is 12.8. The number of anilines is 1. The highest BCUT2D eigenvalue weighted by molar-refractivity contribution is 5.53. The average Bonchev–Trinajstić information content (AvgIpc) is 2.41. The normalized spacial score (nSPS) is 17.9. The van der Waals surface area contributed by atoms with Crippen molar-refractivity contribution in [3.8, 4) is 0 Å². The molecule has 92 valence electrons. The Balaban J connectivity index is 1.71. The Morgan fingerprint density at radius 1 is 1.06 bits per heavy atom. The molecule has 0 spiro atoms. The van der Waals surface area contributed by atoms with Gasteiger partial charge in [-0.15, -0.1) is 0 Å². The van der Waals surface area contributed by atoms with Crippen molar-refractivity contribution in [2.24, 2.45) is 0 Å². The SMILES string of the molecule is Fc1ccc(CC2CCc3ccccc3N2)cc1. The van der Waals surface area contributed by atoms with Crippen LogP contribution in [-0.2, 0) is 12.8 Å². The molecule has 0 aliphatic carbocycles. The third kappa shape index (κ3) is 2.37. The Labute approximate surface area is 107 Å². The molecule has 1 unspecified atom stereocenters. The van der Waals surface area contributed by atoms with Crippen molar-refractivity contribution in [2.75, 3.05) is 5.32 Å².